The molecule has 0 fully saturated rings. The first-order chi connectivity index (χ1) is 12.1. The third-order valence-electron chi connectivity index (χ3n) is 3.45. The number of hydrogen-bond donors (Lipinski definition) is 1. The third kappa shape index (κ3) is 6.47. The van der Waals surface area contributed by atoms with Crippen LogP contribution in [-0.4, -0.2) is 31.3 Å². The van der Waals surface area contributed by atoms with Gasteiger partial charge in [-0.1, -0.05) is 29.8 Å². The highest BCUT2D eigenvalue weighted by molar-refractivity contribution is 7.99. The molecule has 2 aromatic rings. The van der Waals surface area contributed by atoms with Gasteiger partial charge in [-0.25, -0.2) is 4.79 Å². The number of hydrogen-bond acceptors (Lipinski definition) is 4. The van der Waals surface area contributed by atoms with Crippen molar-refractivity contribution >= 4 is 29.7 Å². The maximum atomic E-state index is 11.8. The van der Waals surface area contributed by atoms with Gasteiger partial charge in [-0.3, -0.25) is 4.79 Å². The molecule has 1 amide bonds. The van der Waals surface area contributed by atoms with Gasteiger partial charge in [0.25, 0.3) is 0 Å². The molecule has 0 atom stereocenters. The zero-order valence-electron chi connectivity index (χ0n) is 14.3. The summed E-state index contributed by atoms with van der Waals surface area (Å²) in [6, 6.07) is 15.2. The SMILES string of the molecule is COC(=O)c1ccc(/C=C/C(=O)NCCSc2ccc(C)cc2)cc1. The zero-order chi connectivity index (χ0) is 18.1. The van der Waals surface area contributed by atoms with Crippen molar-refractivity contribution in [2.75, 3.05) is 19.4 Å². The van der Waals surface area contributed by atoms with Gasteiger partial charge in [-0.05, 0) is 42.8 Å². The number of methoxy groups -OCH3 is 1. The minimum atomic E-state index is -0.376. The van der Waals surface area contributed by atoms with E-state index in [1.807, 2.05) is 0 Å². The van der Waals surface area contributed by atoms with E-state index in [-0.39, 0.29) is 11.9 Å². The van der Waals surface area contributed by atoms with Crippen LogP contribution in [0.3, 0.4) is 0 Å². The predicted molar refractivity (Wildman–Crippen MR) is 102 cm³/mol. The van der Waals surface area contributed by atoms with E-state index in [1.54, 1.807) is 42.1 Å². The van der Waals surface area contributed by atoms with Gasteiger partial charge in [0.05, 0.1) is 12.7 Å². The van der Waals surface area contributed by atoms with Crippen LogP contribution >= 0.6 is 11.8 Å². The fourth-order valence-corrected chi connectivity index (χ4v) is 2.82. The lowest BCUT2D eigenvalue weighted by Crippen LogP contribution is -2.23. The van der Waals surface area contributed by atoms with E-state index in [0.29, 0.717) is 12.1 Å². The van der Waals surface area contributed by atoms with Crippen LogP contribution in [0, 0.1) is 6.92 Å². The molecule has 0 aromatic heterocycles. The summed E-state index contributed by atoms with van der Waals surface area (Å²) in [5.74, 6) is 0.303. The van der Waals surface area contributed by atoms with Crippen molar-refractivity contribution in [3.63, 3.8) is 0 Å². The van der Waals surface area contributed by atoms with Crippen molar-refractivity contribution in [3.8, 4) is 0 Å². The minimum absolute atomic E-state index is 0.137. The van der Waals surface area contributed by atoms with Gasteiger partial charge in [0, 0.05) is 23.3 Å². The van der Waals surface area contributed by atoms with Crippen molar-refractivity contribution in [1.82, 2.24) is 5.32 Å². The summed E-state index contributed by atoms with van der Waals surface area (Å²) < 4.78 is 4.64. The third-order valence-corrected chi connectivity index (χ3v) is 4.46. The smallest absolute Gasteiger partial charge is 0.337 e. The molecule has 2 rings (SSSR count). The van der Waals surface area contributed by atoms with Crippen LogP contribution in [0.4, 0.5) is 0 Å². The maximum Gasteiger partial charge on any atom is 0.337 e. The van der Waals surface area contributed by atoms with Crippen LogP contribution in [0.5, 0.6) is 0 Å². The summed E-state index contributed by atoms with van der Waals surface area (Å²) in [6.07, 6.45) is 3.20. The highest BCUT2D eigenvalue weighted by Crippen LogP contribution is 2.17. The van der Waals surface area contributed by atoms with Crippen LogP contribution in [0.25, 0.3) is 6.08 Å². The van der Waals surface area contributed by atoms with Crippen LogP contribution in [0.2, 0.25) is 0 Å². The monoisotopic (exact) mass is 355 g/mol. The lowest BCUT2D eigenvalue weighted by molar-refractivity contribution is -0.116. The second-order valence-electron chi connectivity index (χ2n) is 5.40. The number of thioether (sulfide) groups is 1. The van der Waals surface area contributed by atoms with Gasteiger partial charge in [-0.2, -0.15) is 0 Å². The van der Waals surface area contributed by atoms with Crippen molar-refractivity contribution < 1.29 is 14.3 Å². The summed E-state index contributed by atoms with van der Waals surface area (Å²) in [7, 11) is 1.34. The van der Waals surface area contributed by atoms with E-state index in [1.165, 1.54) is 23.6 Å². The first-order valence-electron chi connectivity index (χ1n) is 7.92. The Balaban J connectivity index is 1.73. The Bertz CT molecular complexity index is 737. The van der Waals surface area contributed by atoms with Crippen molar-refractivity contribution in [3.05, 3.63) is 71.3 Å². The average Bonchev–Trinajstić information content (AvgIpc) is 2.64. The molecule has 0 bridgehead atoms. The van der Waals surface area contributed by atoms with Gasteiger partial charge in [0.1, 0.15) is 0 Å². The highest BCUT2D eigenvalue weighted by Gasteiger charge is 2.03. The van der Waals surface area contributed by atoms with E-state index in [9.17, 15) is 9.59 Å². The molecule has 4 nitrogen and oxygen atoms in total. The number of carbonyl (C=O) groups is 2. The normalized spacial score (nSPS) is 10.6. The Hall–Kier alpha value is -2.53. The first kappa shape index (κ1) is 18.8. The first-order valence-corrected chi connectivity index (χ1v) is 8.91. The van der Waals surface area contributed by atoms with E-state index in [0.717, 1.165) is 11.3 Å². The van der Waals surface area contributed by atoms with Crippen molar-refractivity contribution in [2.45, 2.75) is 11.8 Å². The lowest BCUT2D eigenvalue weighted by atomic mass is 10.1. The molecule has 0 aliphatic rings. The molecule has 0 saturated heterocycles. The molecular weight excluding hydrogens is 334 g/mol. The summed E-state index contributed by atoms with van der Waals surface area (Å²) in [4.78, 5) is 24.4. The lowest BCUT2D eigenvalue weighted by Gasteiger charge is -2.03. The Labute approximate surface area is 152 Å². The second kappa shape index (κ2) is 9.69. The molecule has 2 aromatic carbocycles. The zero-order valence-corrected chi connectivity index (χ0v) is 15.1. The topological polar surface area (TPSA) is 55.4 Å². The highest BCUT2D eigenvalue weighted by atomic mass is 32.2. The van der Waals surface area contributed by atoms with Gasteiger partial charge >= 0.3 is 5.97 Å². The number of amides is 1. The largest absolute Gasteiger partial charge is 0.465 e. The average molecular weight is 355 g/mol. The predicted octanol–water partition coefficient (Wildman–Crippen LogP) is 3.70. The molecule has 0 radical (unpaired) electrons. The second-order valence-corrected chi connectivity index (χ2v) is 6.57. The summed E-state index contributed by atoms with van der Waals surface area (Å²) in [6.45, 7) is 2.66. The summed E-state index contributed by atoms with van der Waals surface area (Å²) >= 11 is 1.71. The van der Waals surface area contributed by atoms with Crippen LogP contribution in [0.1, 0.15) is 21.5 Å². The van der Waals surface area contributed by atoms with Gasteiger partial charge < -0.3 is 10.1 Å². The molecule has 25 heavy (non-hydrogen) atoms. The molecule has 5 heteroatoms. The molecule has 0 aliphatic carbocycles. The Kier molecular flexibility index (Phi) is 7.29. The number of aryl methyl sites for hydroxylation is 1. The number of ether oxygens (including phenoxy) is 1. The van der Waals surface area contributed by atoms with E-state index >= 15 is 0 Å². The fraction of sp³-hybridized carbons (Fsp3) is 0.200. The van der Waals surface area contributed by atoms with E-state index in [2.05, 4.69) is 41.2 Å². The van der Waals surface area contributed by atoms with Gasteiger partial charge in [0.15, 0.2) is 0 Å². The van der Waals surface area contributed by atoms with Gasteiger partial charge in [0.2, 0.25) is 5.91 Å². The molecule has 0 heterocycles. The molecule has 0 aliphatic heterocycles. The Morgan fingerprint density at radius 1 is 1.08 bits per heavy atom. The van der Waals surface area contributed by atoms with E-state index < -0.39 is 0 Å². The van der Waals surface area contributed by atoms with Gasteiger partial charge in [-0.15, -0.1) is 11.8 Å². The van der Waals surface area contributed by atoms with Crippen LogP contribution < -0.4 is 5.32 Å². The van der Waals surface area contributed by atoms with E-state index in [4.69, 9.17) is 0 Å². The number of benzene rings is 2. The Morgan fingerprint density at radius 2 is 1.76 bits per heavy atom. The number of esters is 1. The quantitative estimate of drug-likeness (QED) is 0.356. The van der Waals surface area contributed by atoms with Crippen molar-refractivity contribution in [2.24, 2.45) is 0 Å². The number of carbonyl (C=O) groups excluding carboxylic acids is 2. The molecule has 0 spiro atoms. The minimum Gasteiger partial charge on any atom is -0.465 e. The molecule has 1 N–H and O–H groups in total. The molecule has 130 valence electrons. The molecular formula is C20H21NO3S. The Morgan fingerprint density at radius 3 is 2.40 bits per heavy atom. The summed E-state index contributed by atoms with van der Waals surface area (Å²) in [5, 5.41) is 2.85. The number of nitrogens with one attached hydrogen (secondary N) is 1. The molecule has 0 unspecified atom stereocenters. The van der Waals surface area contributed by atoms with Crippen molar-refractivity contribution in [1.29, 1.82) is 0 Å². The standard InChI is InChI=1S/C20H21NO3S/c1-15-3-10-18(11-4-15)25-14-13-21-19(22)12-7-16-5-8-17(9-6-16)20(23)24-2/h3-12H,13-14H2,1-2H3,(H,21,22)/b12-7+. The summed E-state index contributed by atoms with van der Waals surface area (Å²) in [5.41, 5.74) is 2.57. The number of rotatable bonds is 7. The molecule has 0 saturated carbocycles. The fourth-order valence-electron chi connectivity index (χ4n) is 2.06. The maximum absolute atomic E-state index is 11.8. The van der Waals surface area contributed by atoms with Crippen LogP contribution in [0.15, 0.2) is 59.5 Å². The van der Waals surface area contributed by atoms with Crippen LogP contribution in [-0.2, 0) is 9.53 Å².